The third-order valence-corrected chi connectivity index (χ3v) is 3.37. The Morgan fingerprint density at radius 3 is 2.87 bits per heavy atom. The molecule has 84 valence electrons. The number of nitrogens with one attached hydrogen (secondary N) is 1. The Hall–Kier alpha value is -0.540. The molecule has 0 saturated heterocycles. The largest absolute Gasteiger partial charge is 0.309 e. The molecule has 2 nitrogen and oxygen atoms in total. The third kappa shape index (κ3) is 3.84. The highest BCUT2D eigenvalue weighted by atomic mass is 32.2. The lowest BCUT2D eigenvalue weighted by atomic mass is 10.1. The smallest absolute Gasteiger partial charge is 0.0429 e. The van der Waals surface area contributed by atoms with Crippen molar-refractivity contribution in [2.24, 2.45) is 0 Å². The Bertz CT molecular complexity index is 289. The highest BCUT2D eigenvalue weighted by Crippen LogP contribution is 2.20. The van der Waals surface area contributed by atoms with Crippen LogP contribution in [0.4, 0.5) is 0 Å². The fourth-order valence-electron chi connectivity index (χ4n) is 1.58. The molecule has 0 aliphatic carbocycles. The number of rotatable bonds is 6. The molecule has 0 radical (unpaired) electrons. The van der Waals surface area contributed by atoms with Crippen molar-refractivity contribution in [1.29, 1.82) is 0 Å². The summed E-state index contributed by atoms with van der Waals surface area (Å²) in [5.74, 6) is 2.29. The van der Waals surface area contributed by atoms with Gasteiger partial charge in [-0.2, -0.15) is 11.8 Å². The van der Waals surface area contributed by atoms with Crippen LogP contribution in [0.3, 0.4) is 0 Å². The number of hydrogen-bond donors (Lipinski definition) is 1. The van der Waals surface area contributed by atoms with E-state index in [4.69, 9.17) is 0 Å². The van der Waals surface area contributed by atoms with E-state index < -0.39 is 0 Å². The van der Waals surface area contributed by atoms with Gasteiger partial charge in [-0.1, -0.05) is 13.8 Å². The van der Waals surface area contributed by atoms with Crippen molar-refractivity contribution in [3.05, 3.63) is 29.6 Å². The van der Waals surface area contributed by atoms with E-state index in [1.807, 2.05) is 24.2 Å². The Labute approximate surface area is 96.9 Å². The molecule has 1 atom stereocenters. The van der Waals surface area contributed by atoms with Gasteiger partial charge < -0.3 is 5.32 Å². The van der Waals surface area contributed by atoms with Crippen LogP contribution in [0.2, 0.25) is 0 Å². The predicted octanol–water partition coefficient (Wildman–Crippen LogP) is 2.79. The summed E-state index contributed by atoms with van der Waals surface area (Å²) in [6, 6.07) is 2.52. The number of hydrogen-bond acceptors (Lipinski definition) is 3. The van der Waals surface area contributed by atoms with Crippen molar-refractivity contribution in [1.82, 2.24) is 10.3 Å². The van der Waals surface area contributed by atoms with E-state index >= 15 is 0 Å². The quantitative estimate of drug-likeness (QED) is 0.804. The van der Waals surface area contributed by atoms with Gasteiger partial charge in [-0.05, 0) is 36.4 Å². The lowest BCUT2D eigenvalue weighted by Crippen LogP contribution is -2.24. The molecule has 1 unspecified atom stereocenters. The number of thioether (sulfide) groups is 1. The molecule has 0 aliphatic heterocycles. The lowest BCUT2D eigenvalue weighted by molar-refractivity contribution is 0.601. The first-order valence-electron chi connectivity index (χ1n) is 5.51. The Kier molecular flexibility index (Phi) is 5.73. The molecule has 15 heavy (non-hydrogen) atoms. The molecule has 0 aromatic carbocycles. The van der Waals surface area contributed by atoms with Crippen molar-refractivity contribution >= 4 is 11.8 Å². The molecule has 0 spiro atoms. The summed E-state index contributed by atoms with van der Waals surface area (Å²) >= 11 is 1.97. The number of pyridine rings is 1. The first-order valence-corrected chi connectivity index (χ1v) is 6.66. The summed E-state index contributed by atoms with van der Waals surface area (Å²) in [7, 11) is 0. The van der Waals surface area contributed by atoms with E-state index in [1.165, 1.54) is 16.9 Å². The van der Waals surface area contributed by atoms with E-state index in [9.17, 15) is 0 Å². The van der Waals surface area contributed by atoms with E-state index in [2.05, 4.69) is 37.1 Å². The van der Waals surface area contributed by atoms with Crippen LogP contribution in [0.15, 0.2) is 18.5 Å². The number of aryl methyl sites for hydroxylation is 1. The minimum absolute atomic E-state index is 0.439. The van der Waals surface area contributed by atoms with Crippen LogP contribution in [-0.2, 0) is 0 Å². The van der Waals surface area contributed by atoms with Gasteiger partial charge in [0, 0.05) is 24.2 Å². The van der Waals surface area contributed by atoms with Crippen LogP contribution in [0.1, 0.15) is 31.0 Å². The standard InChI is InChI=1S/C12H20N2S/c1-4-14-12(9-15-5-2)11-8-13-7-6-10(11)3/h6-8,12,14H,4-5,9H2,1-3H3. The van der Waals surface area contributed by atoms with Gasteiger partial charge in [0.25, 0.3) is 0 Å². The average molecular weight is 224 g/mol. The summed E-state index contributed by atoms with van der Waals surface area (Å²) in [6.07, 6.45) is 3.84. The Morgan fingerprint density at radius 2 is 2.27 bits per heavy atom. The van der Waals surface area contributed by atoms with Crippen molar-refractivity contribution < 1.29 is 0 Å². The maximum absolute atomic E-state index is 4.21. The van der Waals surface area contributed by atoms with Crippen molar-refractivity contribution in [3.63, 3.8) is 0 Å². The van der Waals surface area contributed by atoms with E-state index in [1.54, 1.807) is 0 Å². The van der Waals surface area contributed by atoms with Crippen molar-refractivity contribution in [2.45, 2.75) is 26.8 Å². The Balaban J connectivity index is 2.74. The Morgan fingerprint density at radius 1 is 1.47 bits per heavy atom. The summed E-state index contributed by atoms with van der Waals surface area (Å²) in [4.78, 5) is 4.21. The van der Waals surface area contributed by atoms with Crippen LogP contribution in [0.5, 0.6) is 0 Å². The topological polar surface area (TPSA) is 24.9 Å². The molecule has 3 heteroatoms. The van der Waals surface area contributed by atoms with Crippen LogP contribution < -0.4 is 5.32 Å². The summed E-state index contributed by atoms with van der Waals surface area (Å²) in [6.45, 7) is 7.50. The fourth-order valence-corrected chi connectivity index (χ4v) is 2.35. The first-order chi connectivity index (χ1) is 7.29. The molecular formula is C12H20N2S. The second kappa shape index (κ2) is 6.85. The van der Waals surface area contributed by atoms with E-state index in [-0.39, 0.29) is 0 Å². The van der Waals surface area contributed by atoms with E-state index in [0.717, 1.165) is 12.3 Å². The monoisotopic (exact) mass is 224 g/mol. The zero-order valence-electron chi connectivity index (χ0n) is 9.79. The van der Waals surface area contributed by atoms with E-state index in [0.29, 0.717) is 6.04 Å². The highest BCUT2D eigenvalue weighted by molar-refractivity contribution is 7.99. The average Bonchev–Trinajstić information content (AvgIpc) is 2.25. The molecule has 0 aliphatic rings. The molecule has 1 heterocycles. The predicted molar refractivity (Wildman–Crippen MR) is 68.4 cm³/mol. The molecule has 1 N–H and O–H groups in total. The highest BCUT2D eigenvalue weighted by Gasteiger charge is 2.11. The van der Waals surface area contributed by atoms with Crippen LogP contribution in [0, 0.1) is 6.92 Å². The zero-order chi connectivity index (χ0) is 11.1. The minimum Gasteiger partial charge on any atom is -0.309 e. The molecule has 1 rings (SSSR count). The summed E-state index contributed by atoms with van der Waals surface area (Å²) < 4.78 is 0. The maximum Gasteiger partial charge on any atom is 0.0429 e. The maximum atomic E-state index is 4.21. The van der Waals surface area contributed by atoms with Gasteiger partial charge in [-0.25, -0.2) is 0 Å². The van der Waals surface area contributed by atoms with Gasteiger partial charge in [-0.15, -0.1) is 0 Å². The molecule has 1 aromatic rings. The first kappa shape index (κ1) is 12.5. The van der Waals surface area contributed by atoms with Gasteiger partial charge in [0.2, 0.25) is 0 Å². The third-order valence-electron chi connectivity index (χ3n) is 2.39. The number of aromatic nitrogens is 1. The van der Waals surface area contributed by atoms with Crippen LogP contribution in [-0.4, -0.2) is 23.0 Å². The number of nitrogens with zero attached hydrogens (tertiary/aromatic N) is 1. The molecule has 0 bridgehead atoms. The fraction of sp³-hybridized carbons (Fsp3) is 0.583. The molecule has 0 saturated carbocycles. The van der Waals surface area contributed by atoms with Crippen molar-refractivity contribution in [2.75, 3.05) is 18.1 Å². The van der Waals surface area contributed by atoms with Crippen LogP contribution in [0.25, 0.3) is 0 Å². The van der Waals surface area contributed by atoms with Gasteiger partial charge >= 0.3 is 0 Å². The summed E-state index contributed by atoms with van der Waals surface area (Å²) in [5.41, 5.74) is 2.66. The molecule has 0 fully saturated rings. The second-order valence-corrected chi connectivity index (χ2v) is 4.82. The van der Waals surface area contributed by atoms with Gasteiger partial charge in [0.15, 0.2) is 0 Å². The minimum atomic E-state index is 0.439. The molecule has 1 aromatic heterocycles. The van der Waals surface area contributed by atoms with Gasteiger partial charge in [-0.3, -0.25) is 4.98 Å². The second-order valence-electron chi connectivity index (χ2n) is 3.50. The lowest BCUT2D eigenvalue weighted by Gasteiger charge is -2.19. The SMILES string of the molecule is CCNC(CSCC)c1cnccc1C. The zero-order valence-corrected chi connectivity index (χ0v) is 10.6. The molecular weight excluding hydrogens is 204 g/mol. The van der Waals surface area contributed by atoms with Gasteiger partial charge in [0.05, 0.1) is 0 Å². The van der Waals surface area contributed by atoms with Crippen LogP contribution >= 0.6 is 11.8 Å². The molecule has 0 amide bonds. The normalized spacial score (nSPS) is 12.7. The van der Waals surface area contributed by atoms with Crippen molar-refractivity contribution in [3.8, 4) is 0 Å². The summed E-state index contributed by atoms with van der Waals surface area (Å²) in [5, 5.41) is 3.51. The van der Waals surface area contributed by atoms with Gasteiger partial charge in [0.1, 0.15) is 0 Å².